The third-order valence-corrected chi connectivity index (χ3v) is 8.13. The van der Waals surface area contributed by atoms with Crippen LogP contribution >= 0.6 is 0 Å². The zero-order valence-corrected chi connectivity index (χ0v) is 15.2. The van der Waals surface area contributed by atoms with Crippen molar-refractivity contribution in [2.24, 2.45) is 0 Å². The summed E-state index contributed by atoms with van der Waals surface area (Å²) in [5.74, 6) is 5.79. The third kappa shape index (κ3) is 4.56. The van der Waals surface area contributed by atoms with Gasteiger partial charge in [-0.2, -0.15) is 0 Å². The van der Waals surface area contributed by atoms with Gasteiger partial charge in [0.15, 0.2) is 0 Å². The van der Waals surface area contributed by atoms with Gasteiger partial charge in [0, 0.05) is 11.1 Å². The molecule has 0 aliphatic heterocycles. The Morgan fingerprint density at radius 2 is 1.75 bits per heavy atom. The Morgan fingerprint density at radius 3 is 2.33 bits per heavy atom. The number of ether oxygens (including phenoxy) is 1. The van der Waals surface area contributed by atoms with Crippen LogP contribution < -0.4 is 5.19 Å². The van der Waals surface area contributed by atoms with E-state index in [2.05, 4.69) is 37.1 Å². The van der Waals surface area contributed by atoms with Gasteiger partial charge in [0.05, 0.1) is 21.6 Å². The minimum atomic E-state index is -2.00. The highest BCUT2D eigenvalue weighted by atomic mass is 28.3. The Bertz CT molecular complexity index is 743. The molecule has 0 bridgehead atoms. The van der Waals surface area contributed by atoms with Crippen molar-refractivity contribution in [2.45, 2.75) is 25.1 Å². The molecule has 2 rings (SSSR count). The molecule has 0 heterocycles. The first kappa shape index (κ1) is 18.0. The molecular weight excluding hydrogens is 319 g/mol. The Morgan fingerprint density at radius 1 is 1.12 bits per heavy atom. The summed E-state index contributed by atoms with van der Waals surface area (Å²) < 4.78 is 17.9. The van der Waals surface area contributed by atoms with Crippen LogP contribution in [0.15, 0.2) is 54.6 Å². The van der Waals surface area contributed by atoms with Gasteiger partial charge in [-0.3, -0.25) is 4.79 Å². The van der Waals surface area contributed by atoms with Gasteiger partial charge in [-0.1, -0.05) is 60.5 Å². The molecule has 0 N–H and O–H groups in total. The molecule has 0 saturated carbocycles. The first-order valence-corrected chi connectivity index (χ1v) is 10.9. The highest BCUT2D eigenvalue weighted by molar-refractivity contribution is 6.91. The van der Waals surface area contributed by atoms with Gasteiger partial charge < -0.3 is 4.74 Å². The van der Waals surface area contributed by atoms with Crippen molar-refractivity contribution in [1.29, 1.82) is 0 Å². The molecule has 0 saturated heterocycles. The lowest BCUT2D eigenvalue weighted by molar-refractivity contribution is -0.140. The van der Waals surface area contributed by atoms with Crippen LogP contribution in [0.2, 0.25) is 18.6 Å². The highest BCUT2D eigenvalue weighted by Gasteiger charge is 2.34. The standard InChI is InChI=1S/C20H21FO2Si/c1-23-20(22)15-19(14-11-16-9-12-17(21)13-10-16)24(2,3)18-7-5-4-6-8-18/h4-10,12-13,19H,15H2,1-3H3/t19-/m0/s1. The number of hydrogen-bond acceptors (Lipinski definition) is 2. The second-order valence-electron chi connectivity index (χ2n) is 6.20. The lowest BCUT2D eigenvalue weighted by Crippen LogP contribution is -2.46. The van der Waals surface area contributed by atoms with Crippen molar-refractivity contribution in [2.75, 3.05) is 7.11 Å². The van der Waals surface area contributed by atoms with Crippen LogP contribution in [-0.4, -0.2) is 21.2 Å². The first-order valence-electron chi connectivity index (χ1n) is 7.83. The van der Waals surface area contributed by atoms with Crippen LogP contribution in [0.4, 0.5) is 4.39 Å². The molecule has 0 aromatic heterocycles. The molecule has 0 amide bonds. The smallest absolute Gasteiger partial charge is 0.306 e. The Labute approximate surface area is 143 Å². The van der Waals surface area contributed by atoms with E-state index in [1.165, 1.54) is 24.4 Å². The number of hydrogen-bond donors (Lipinski definition) is 0. The van der Waals surface area contributed by atoms with Crippen molar-refractivity contribution in [3.8, 4) is 11.8 Å². The topological polar surface area (TPSA) is 26.3 Å². The quantitative estimate of drug-likeness (QED) is 0.482. The number of halogens is 1. The van der Waals surface area contributed by atoms with Crippen molar-refractivity contribution >= 4 is 19.2 Å². The summed E-state index contributed by atoms with van der Waals surface area (Å²) in [7, 11) is -0.608. The van der Waals surface area contributed by atoms with E-state index in [0.717, 1.165) is 5.56 Å². The van der Waals surface area contributed by atoms with Crippen LogP contribution in [0, 0.1) is 17.7 Å². The van der Waals surface area contributed by atoms with Gasteiger partial charge >= 0.3 is 5.97 Å². The average molecular weight is 340 g/mol. The van der Waals surface area contributed by atoms with E-state index in [-0.39, 0.29) is 23.7 Å². The first-order chi connectivity index (χ1) is 11.4. The average Bonchev–Trinajstić information content (AvgIpc) is 2.60. The van der Waals surface area contributed by atoms with Crippen molar-refractivity contribution in [1.82, 2.24) is 0 Å². The number of esters is 1. The van der Waals surface area contributed by atoms with E-state index < -0.39 is 8.07 Å². The number of rotatable bonds is 4. The fourth-order valence-corrected chi connectivity index (χ4v) is 5.07. The van der Waals surface area contributed by atoms with Crippen molar-refractivity contribution < 1.29 is 13.9 Å². The Kier molecular flexibility index (Phi) is 5.94. The molecule has 0 fully saturated rings. The predicted molar refractivity (Wildman–Crippen MR) is 97.2 cm³/mol. The minimum absolute atomic E-state index is 0.0857. The van der Waals surface area contributed by atoms with E-state index in [1.807, 2.05) is 18.2 Å². The molecule has 1 atom stereocenters. The molecule has 0 aliphatic carbocycles. The number of carbonyl (C=O) groups is 1. The van der Waals surface area contributed by atoms with Crippen LogP contribution in [-0.2, 0) is 9.53 Å². The molecule has 0 spiro atoms. The summed E-state index contributed by atoms with van der Waals surface area (Å²) in [6.07, 6.45) is 0.263. The molecule has 2 nitrogen and oxygen atoms in total. The van der Waals surface area contributed by atoms with Crippen LogP contribution in [0.3, 0.4) is 0 Å². The predicted octanol–water partition coefficient (Wildman–Crippen LogP) is 3.73. The zero-order valence-electron chi connectivity index (χ0n) is 14.2. The highest BCUT2D eigenvalue weighted by Crippen LogP contribution is 2.25. The summed E-state index contributed by atoms with van der Waals surface area (Å²) >= 11 is 0. The van der Waals surface area contributed by atoms with E-state index in [4.69, 9.17) is 4.74 Å². The fourth-order valence-electron chi connectivity index (χ4n) is 2.51. The maximum Gasteiger partial charge on any atom is 0.306 e. The van der Waals surface area contributed by atoms with E-state index in [1.54, 1.807) is 12.1 Å². The monoisotopic (exact) mass is 340 g/mol. The van der Waals surface area contributed by atoms with E-state index in [0.29, 0.717) is 0 Å². The van der Waals surface area contributed by atoms with E-state index in [9.17, 15) is 9.18 Å². The summed E-state index contributed by atoms with van der Waals surface area (Å²) in [5, 5.41) is 1.24. The van der Waals surface area contributed by atoms with Crippen LogP contribution in [0.25, 0.3) is 0 Å². The molecule has 24 heavy (non-hydrogen) atoms. The van der Waals surface area contributed by atoms with Crippen molar-refractivity contribution in [3.63, 3.8) is 0 Å². The second kappa shape index (κ2) is 7.94. The number of carbonyl (C=O) groups excluding carboxylic acids is 1. The van der Waals surface area contributed by atoms with Crippen LogP contribution in [0.5, 0.6) is 0 Å². The van der Waals surface area contributed by atoms with Gasteiger partial charge in [-0.25, -0.2) is 4.39 Å². The minimum Gasteiger partial charge on any atom is -0.469 e. The normalized spacial score (nSPS) is 12.0. The summed E-state index contributed by atoms with van der Waals surface area (Å²) in [4.78, 5) is 11.8. The van der Waals surface area contributed by atoms with Crippen molar-refractivity contribution in [3.05, 3.63) is 66.0 Å². The van der Waals surface area contributed by atoms with Gasteiger partial charge in [0.25, 0.3) is 0 Å². The molecular formula is C20H21FO2Si. The van der Waals surface area contributed by atoms with Gasteiger partial charge in [-0.15, -0.1) is 0 Å². The lowest BCUT2D eigenvalue weighted by Gasteiger charge is -2.28. The Hall–Kier alpha value is -2.38. The molecule has 2 aromatic carbocycles. The largest absolute Gasteiger partial charge is 0.469 e. The van der Waals surface area contributed by atoms with Gasteiger partial charge in [-0.05, 0) is 24.3 Å². The molecule has 0 unspecified atom stereocenters. The fraction of sp³-hybridized carbons (Fsp3) is 0.250. The summed E-state index contributed by atoms with van der Waals surface area (Å²) in [6.45, 7) is 4.41. The molecule has 0 radical (unpaired) electrons. The summed E-state index contributed by atoms with van der Waals surface area (Å²) in [6, 6.07) is 16.3. The maximum absolute atomic E-state index is 13.0. The van der Waals surface area contributed by atoms with Gasteiger partial charge in [0.2, 0.25) is 0 Å². The Balaban J connectivity index is 2.34. The van der Waals surface area contributed by atoms with Gasteiger partial charge in [0.1, 0.15) is 5.82 Å². The molecule has 4 heteroatoms. The SMILES string of the molecule is COC(=O)C[C@H](C#Cc1ccc(F)cc1)[Si](C)(C)c1ccccc1. The molecule has 2 aromatic rings. The van der Waals surface area contributed by atoms with Crippen LogP contribution in [0.1, 0.15) is 12.0 Å². The molecule has 0 aliphatic rings. The maximum atomic E-state index is 13.0. The second-order valence-corrected chi connectivity index (χ2v) is 10.9. The number of methoxy groups -OCH3 is 1. The zero-order chi connectivity index (χ0) is 17.6. The molecule has 124 valence electrons. The lowest BCUT2D eigenvalue weighted by atomic mass is 10.2. The summed E-state index contributed by atoms with van der Waals surface area (Å²) in [5.41, 5.74) is 0.654. The van der Waals surface area contributed by atoms with E-state index >= 15 is 0 Å². The number of benzene rings is 2. The third-order valence-electron chi connectivity index (χ3n) is 4.22.